The van der Waals surface area contributed by atoms with Gasteiger partial charge < -0.3 is 5.32 Å². The maximum atomic E-state index is 11.0. The van der Waals surface area contributed by atoms with Crippen molar-refractivity contribution in [3.05, 3.63) is 29.8 Å². The predicted molar refractivity (Wildman–Crippen MR) is 52.3 cm³/mol. The molecule has 3 nitrogen and oxygen atoms in total. The van der Waals surface area contributed by atoms with Crippen LogP contribution in [0.1, 0.15) is 5.56 Å². The highest BCUT2D eigenvalue weighted by Gasteiger charge is 2.29. The van der Waals surface area contributed by atoms with E-state index in [1.165, 1.54) is 0 Å². The number of anilines is 1. The van der Waals surface area contributed by atoms with Crippen LogP contribution in [0.2, 0.25) is 0 Å². The van der Waals surface area contributed by atoms with E-state index in [4.69, 9.17) is 10.7 Å². The number of para-hydroxylation sites is 1. The first-order valence-electron chi connectivity index (χ1n) is 3.85. The second-order valence-corrected chi connectivity index (χ2v) is 5.78. The smallest absolute Gasteiger partial charge is 0.253 e. The average Bonchev–Trinajstić information content (AvgIpc) is 2.45. The Bertz CT molecular complexity index is 405. The van der Waals surface area contributed by atoms with E-state index in [0.717, 1.165) is 11.3 Å². The summed E-state index contributed by atoms with van der Waals surface area (Å²) < 4.78 is 22.0. The summed E-state index contributed by atoms with van der Waals surface area (Å²) in [6, 6.07) is 7.47. The van der Waals surface area contributed by atoms with E-state index in [-0.39, 0.29) is 0 Å². The molecular formula is C8H8ClNO2S. The van der Waals surface area contributed by atoms with Gasteiger partial charge in [0.25, 0.3) is 9.05 Å². The van der Waals surface area contributed by atoms with E-state index < -0.39 is 14.4 Å². The zero-order valence-corrected chi connectivity index (χ0v) is 8.27. The van der Waals surface area contributed by atoms with E-state index >= 15 is 0 Å². The van der Waals surface area contributed by atoms with E-state index in [1.54, 1.807) is 0 Å². The fourth-order valence-corrected chi connectivity index (χ4v) is 2.40. The number of halogens is 1. The second-order valence-electron chi connectivity index (χ2n) is 2.97. The van der Waals surface area contributed by atoms with Crippen LogP contribution in [0.4, 0.5) is 5.69 Å². The molecule has 0 bridgehead atoms. The summed E-state index contributed by atoms with van der Waals surface area (Å²) in [4.78, 5) is 0. The number of rotatable bonds is 1. The van der Waals surface area contributed by atoms with Crippen LogP contribution in [-0.4, -0.2) is 13.8 Å². The quantitative estimate of drug-likeness (QED) is 0.726. The van der Waals surface area contributed by atoms with Gasteiger partial charge in [-0.2, -0.15) is 0 Å². The van der Waals surface area contributed by atoms with Crippen molar-refractivity contribution in [1.29, 1.82) is 0 Å². The monoisotopic (exact) mass is 217 g/mol. The molecule has 0 saturated heterocycles. The lowest BCUT2D eigenvalue weighted by Crippen LogP contribution is -2.22. The third-order valence-corrected chi connectivity index (χ3v) is 3.69. The highest BCUT2D eigenvalue weighted by molar-refractivity contribution is 8.14. The first kappa shape index (κ1) is 8.84. The molecule has 2 rings (SSSR count). The Morgan fingerprint density at radius 3 is 2.69 bits per heavy atom. The summed E-state index contributed by atoms with van der Waals surface area (Å²) in [7, 11) is 1.73. The van der Waals surface area contributed by atoms with Gasteiger partial charge in [-0.3, -0.25) is 0 Å². The molecule has 5 heteroatoms. The molecular weight excluding hydrogens is 210 g/mol. The lowest BCUT2D eigenvalue weighted by molar-refractivity contribution is 0.600. The first-order chi connectivity index (χ1) is 6.07. The summed E-state index contributed by atoms with van der Waals surface area (Å²) in [5, 5.41) is 2.18. The van der Waals surface area contributed by atoms with Gasteiger partial charge in [-0.25, -0.2) is 8.42 Å². The van der Waals surface area contributed by atoms with Crippen LogP contribution in [0.3, 0.4) is 0 Å². The number of benzene rings is 1. The molecule has 0 aliphatic carbocycles. The molecule has 1 atom stereocenters. The summed E-state index contributed by atoms with van der Waals surface area (Å²) in [5.74, 6) is 0. The third kappa shape index (κ3) is 1.64. The Morgan fingerprint density at radius 2 is 2.08 bits per heavy atom. The highest BCUT2D eigenvalue weighted by atomic mass is 35.7. The molecule has 1 aromatic rings. The Labute approximate surface area is 81.1 Å². The molecule has 0 radical (unpaired) electrons. The van der Waals surface area contributed by atoms with Gasteiger partial charge in [0.15, 0.2) is 0 Å². The molecule has 0 fully saturated rings. The molecule has 0 amide bonds. The van der Waals surface area contributed by atoms with Gasteiger partial charge in [0.05, 0.1) is 0 Å². The van der Waals surface area contributed by atoms with Gasteiger partial charge in [0.1, 0.15) is 5.37 Å². The molecule has 1 aliphatic rings. The highest BCUT2D eigenvalue weighted by Crippen LogP contribution is 2.28. The Morgan fingerprint density at radius 1 is 1.38 bits per heavy atom. The summed E-state index contributed by atoms with van der Waals surface area (Å²) in [6.07, 6.45) is 0.446. The third-order valence-electron chi connectivity index (χ3n) is 2.08. The molecule has 0 aromatic heterocycles. The molecule has 1 heterocycles. The van der Waals surface area contributed by atoms with Gasteiger partial charge in [0, 0.05) is 22.8 Å². The van der Waals surface area contributed by atoms with Crippen LogP contribution in [0, 0.1) is 0 Å². The molecule has 1 aromatic carbocycles. The topological polar surface area (TPSA) is 46.2 Å². The summed E-state index contributed by atoms with van der Waals surface area (Å²) in [5.41, 5.74) is 1.86. The average molecular weight is 218 g/mol. The fourth-order valence-electron chi connectivity index (χ4n) is 1.43. The van der Waals surface area contributed by atoms with E-state index in [9.17, 15) is 8.42 Å². The van der Waals surface area contributed by atoms with Crippen LogP contribution in [0.15, 0.2) is 24.3 Å². The largest absolute Gasteiger partial charge is 0.368 e. The van der Waals surface area contributed by atoms with Crippen molar-refractivity contribution in [2.24, 2.45) is 0 Å². The number of nitrogens with one attached hydrogen (secondary N) is 1. The normalized spacial score (nSPS) is 20.8. The maximum absolute atomic E-state index is 11.0. The standard InChI is InChI=1S/C8H8ClNO2S/c9-13(11,12)8-5-6-3-1-2-4-7(6)10-8/h1-4,8,10H,5H2. The van der Waals surface area contributed by atoms with Crippen molar-refractivity contribution in [2.75, 3.05) is 5.32 Å². The van der Waals surface area contributed by atoms with E-state index in [2.05, 4.69) is 5.32 Å². The van der Waals surface area contributed by atoms with Gasteiger partial charge >= 0.3 is 0 Å². The molecule has 1 aliphatic heterocycles. The first-order valence-corrected chi connectivity index (χ1v) is 6.22. The zero-order chi connectivity index (χ0) is 9.47. The maximum Gasteiger partial charge on any atom is 0.253 e. The predicted octanol–water partition coefficient (Wildman–Crippen LogP) is 1.55. The van der Waals surface area contributed by atoms with Crippen LogP contribution in [-0.2, 0) is 15.5 Å². The van der Waals surface area contributed by atoms with Crippen LogP contribution < -0.4 is 5.32 Å². The van der Waals surface area contributed by atoms with Crippen LogP contribution >= 0.6 is 10.7 Å². The molecule has 0 saturated carbocycles. The van der Waals surface area contributed by atoms with Gasteiger partial charge in [-0.1, -0.05) is 18.2 Å². The Balaban J connectivity index is 2.33. The minimum atomic E-state index is -3.51. The van der Waals surface area contributed by atoms with Gasteiger partial charge in [-0.15, -0.1) is 0 Å². The van der Waals surface area contributed by atoms with Crippen molar-refractivity contribution in [3.8, 4) is 0 Å². The summed E-state index contributed by atoms with van der Waals surface area (Å²) >= 11 is 0. The van der Waals surface area contributed by atoms with Crippen molar-refractivity contribution >= 4 is 25.4 Å². The Hall–Kier alpha value is -0.740. The van der Waals surface area contributed by atoms with E-state index in [0.29, 0.717) is 6.42 Å². The molecule has 13 heavy (non-hydrogen) atoms. The molecule has 70 valence electrons. The van der Waals surface area contributed by atoms with Crippen molar-refractivity contribution < 1.29 is 8.42 Å². The van der Waals surface area contributed by atoms with E-state index in [1.807, 2.05) is 24.3 Å². The van der Waals surface area contributed by atoms with Crippen molar-refractivity contribution in [1.82, 2.24) is 0 Å². The zero-order valence-electron chi connectivity index (χ0n) is 6.70. The minimum absolute atomic E-state index is 0.446. The lowest BCUT2D eigenvalue weighted by Gasteiger charge is -2.05. The SMILES string of the molecule is O=S(=O)(Cl)C1Cc2ccccc2N1. The second kappa shape index (κ2) is 2.89. The summed E-state index contributed by atoms with van der Waals surface area (Å²) in [6.45, 7) is 0. The van der Waals surface area contributed by atoms with Gasteiger partial charge in [-0.05, 0) is 11.6 Å². The molecule has 0 spiro atoms. The van der Waals surface area contributed by atoms with Crippen LogP contribution in [0.5, 0.6) is 0 Å². The Kier molecular flexibility index (Phi) is 1.96. The minimum Gasteiger partial charge on any atom is -0.368 e. The number of fused-ring (bicyclic) bond motifs is 1. The van der Waals surface area contributed by atoms with Crippen LogP contribution in [0.25, 0.3) is 0 Å². The number of hydrogen-bond donors (Lipinski definition) is 1. The lowest BCUT2D eigenvalue weighted by atomic mass is 10.2. The van der Waals surface area contributed by atoms with Crippen molar-refractivity contribution in [2.45, 2.75) is 11.8 Å². The fraction of sp³-hybridized carbons (Fsp3) is 0.250. The number of hydrogen-bond acceptors (Lipinski definition) is 3. The molecule has 1 N–H and O–H groups in total. The van der Waals surface area contributed by atoms with Gasteiger partial charge in [0.2, 0.25) is 0 Å². The molecule has 1 unspecified atom stereocenters. The van der Waals surface area contributed by atoms with Crippen molar-refractivity contribution in [3.63, 3.8) is 0 Å².